The summed E-state index contributed by atoms with van der Waals surface area (Å²) >= 11 is 0. The molecule has 0 bridgehead atoms. The number of rotatable bonds is 0. The van der Waals surface area contributed by atoms with E-state index in [0.717, 1.165) is 0 Å². The summed E-state index contributed by atoms with van der Waals surface area (Å²) in [5.41, 5.74) is 0.535. The molecule has 0 radical (unpaired) electrons. The van der Waals surface area contributed by atoms with Gasteiger partial charge in [0.25, 0.3) is 0 Å². The maximum atomic E-state index is 9.49. The van der Waals surface area contributed by atoms with Gasteiger partial charge in [0, 0.05) is 0 Å². The smallest absolute Gasteiger partial charge is 0.149 e. The van der Waals surface area contributed by atoms with Gasteiger partial charge in [-0.2, -0.15) is 10.5 Å². The van der Waals surface area contributed by atoms with Crippen molar-refractivity contribution in [2.24, 2.45) is 0 Å². The van der Waals surface area contributed by atoms with Crippen molar-refractivity contribution in [1.29, 1.82) is 10.5 Å². The summed E-state index contributed by atoms with van der Waals surface area (Å²) in [7, 11) is 2.96. The molecule has 1 rings (SSSR count). The van der Waals surface area contributed by atoms with Gasteiger partial charge in [-0.15, -0.1) is 0 Å². The topological polar surface area (TPSA) is 88.0 Å². The van der Waals surface area contributed by atoms with Crippen LogP contribution in [0.3, 0.4) is 0 Å². The van der Waals surface area contributed by atoms with Crippen molar-refractivity contribution in [1.82, 2.24) is 0 Å². The standard InChI is InChI=1S/C8H6B2N2O2/c9-5-3(1-11)7(13)6(10)8(14)4(5)2-12/h13-14H,9-10H2. The second-order valence-corrected chi connectivity index (χ2v) is 2.92. The van der Waals surface area contributed by atoms with Crippen molar-refractivity contribution in [3.63, 3.8) is 0 Å². The molecule has 0 unspecified atom stereocenters. The molecule has 0 saturated carbocycles. The van der Waals surface area contributed by atoms with Crippen LogP contribution in [0.1, 0.15) is 11.1 Å². The Morgan fingerprint density at radius 2 is 1.21 bits per heavy atom. The van der Waals surface area contributed by atoms with Gasteiger partial charge in [-0.25, -0.2) is 0 Å². The molecule has 0 fully saturated rings. The Balaban J connectivity index is 3.78. The van der Waals surface area contributed by atoms with Crippen molar-refractivity contribution >= 4 is 26.6 Å². The molecule has 0 heterocycles. The van der Waals surface area contributed by atoms with E-state index in [2.05, 4.69) is 0 Å². The van der Waals surface area contributed by atoms with E-state index >= 15 is 0 Å². The first kappa shape index (κ1) is 10.0. The number of phenolic OH excluding ortho intramolecular Hbond substituents is 2. The molecule has 1 aromatic carbocycles. The van der Waals surface area contributed by atoms with Crippen LogP contribution < -0.4 is 10.9 Å². The van der Waals surface area contributed by atoms with E-state index in [1.807, 2.05) is 0 Å². The summed E-state index contributed by atoms with van der Waals surface area (Å²) in [4.78, 5) is 0. The van der Waals surface area contributed by atoms with Crippen LogP contribution in [-0.2, 0) is 0 Å². The van der Waals surface area contributed by atoms with Crippen molar-refractivity contribution in [3.8, 4) is 23.6 Å². The molecular formula is C8H6B2N2O2. The van der Waals surface area contributed by atoms with Gasteiger partial charge in [0.2, 0.25) is 0 Å². The average molecular weight is 184 g/mol. The van der Waals surface area contributed by atoms with Crippen LogP contribution in [0.4, 0.5) is 0 Å². The molecule has 0 aliphatic rings. The van der Waals surface area contributed by atoms with E-state index in [4.69, 9.17) is 10.5 Å². The normalized spacial score (nSPS) is 9.00. The second-order valence-electron chi connectivity index (χ2n) is 2.92. The minimum atomic E-state index is -0.262. The highest BCUT2D eigenvalue weighted by Crippen LogP contribution is 2.20. The zero-order chi connectivity index (χ0) is 10.9. The van der Waals surface area contributed by atoms with Gasteiger partial charge in [-0.05, 0) is 10.9 Å². The maximum Gasteiger partial charge on any atom is 0.149 e. The van der Waals surface area contributed by atoms with Gasteiger partial charge < -0.3 is 10.2 Å². The van der Waals surface area contributed by atoms with Crippen LogP contribution in [0.15, 0.2) is 0 Å². The lowest BCUT2D eigenvalue weighted by Crippen LogP contribution is -2.20. The Hall–Kier alpha value is -2.07. The van der Waals surface area contributed by atoms with Crippen molar-refractivity contribution in [2.75, 3.05) is 0 Å². The molecule has 6 heteroatoms. The maximum absolute atomic E-state index is 9.49. The Morgan fingerprint density at radius 3 is 1.50 bits per heavy atom. The third-order valence-corrected chi connectivity index (χ3v) is 2.16. The van der Waals surface area contributed by atoms with Crippen LogP contribution in [0.25, 0.3) is 0 Å². The predicted molar refractivity (Wildman–Crippen MR) is 55.6 cm³/mol. The number of nitrogens with zero attached hydrogens (tertiary/aromatic N) is 2. The number of phenols is 2. The molecule has 0 amide bonds. The summed E-state index contributed by atoms with van der Waals surface area (Å²) in [6.07, 6.45) is 0. The van der Waals surface area contributed by atoms with Gasteiger partial charge >= 0.3 is 0 Å². The van der Waals surface area contributed by atoms with E-state index in [1.165, 1.54) is 15.7 Å². The lowest BCUT2D eigenvalue weighted by molar-refractivity contribution is 0.457. The number of aromatic hydroxyl groups is 2. The third kappa shape index (κ3) is 1.18. The van der Waals surface area contributed by atoms with Gasteiger partial charge in [0.05, 0.1) is 11.1 Å². The van der Waals surface area contributed by atoms with E-state index in [-0.39, 0.29) is 28.1 Å². The highest BCUT2D eigenvalue weighted by Gasteiger charge is 2.17. The minimum Gasteiger partial charge on any atom is -0.507 e. The third-order valence-electron chi connectivity index (χ3n) is 2.16. The van der Waals surface area contributed by atoms with Crippen LogP contribution >= 0.6 is 0 Å². The van der Waals surface area contributed by atoms with Crippen LogP contribution in [-0.4, -0.2) is 25.9 Å². The molecule has 0 aliphatic carbocycles. The summed E-state index contributed by atoms with van der Waals surface area (Å²) in [6.45, 7) is 0. The lowest BCUT2D eigenvalue weighted by atomic mass is 9.79. The van der Waals surface area contributed by atoms with Crippen LogP contribution in [0.2, 0.25) is 0 Å². The first-order chi connectivity index (χ1) is 6.54. The molecule has 0 spiro atoms. The fourth-order valence-electron chi connectivity index (χ4n) is 1.24. The fraction of sp³-hybridized carbons (Fsp3) is 0. The first-order valence-electron chi connectivity index (χ1n) is 3.89. The minimum absolute atomic E-state index is 0.0388. The van der Waals surface area contributed by atoms with Crippen LogP contribution in [0, 0.1) is 22.7 Å². The fourth-order valence-corrected chi connectivity index (χ4v) is 1.24. The first-order valence-corrected chi connectivity index (χ1v) is 3.89. The zero-order valence-electron chi connectivity index (χ0n) is 7.79. The summed E-state index contributed by atoms with van der Waals surface area (Å²) in [5.74, 6) is -0.525. The molecule has 1 aromatic rings. The number of hydrogen-bond donors (Lipinski definition) is 2. The molecule has 0 saturated heterocycles. The molecule has 14 heavy (non-hydrogen) atoms. The van der Waals surface area contributed by atoms with E-state index < -0.39 is 0 Å². The second kappa shape index (κ2) is 3.35. The molecule has 4 nitrogen and oxygen atoms in total. The highest BCUT2D eigenvalue weighted by atomic mass is 16.3. The molecule has 0 atom stereocenters. The van der Waals surface area contributed by atoms with Gasteiger partial charge in [0.15, 0.2) is 0 Å². The molecular weight excluding hydrogens is 178 g/mol. The number of hydrogen-bond acceptors (Lipinski definition) is 4. The van der Waals surface area contributed by atoms with E-state index in [0.29, 0.717) is 5.46 Å². The van der Waals surface area contributed by atoms with Gasteiger partial charge in [0.1, 0.15) is 39.3 Å². The molecule has 0 aliphatic heterocycles. The van der Waals surface area contributed by atoms with Gasteiger partial charge in [-0.3, -0.25) is 0 Å². The van der Waals surface area contributed by atoms with Crippen LogP contribution in [0.5, 0.6) is 11.5 Å². The molecule has 2 N–H and O–H groups in total. The zero-order valence-corrected chi connectivity index (χ0v) is 7.79. The predicted octanol–water partition coefficient (Wildman–Crippen LogP) is -2.64. The number of benzene rings is 1. The summed E-state index contributed by atoms with van der Waals surface area (Å²) < 4.78 is 0. The summed E-state index contributed by atoms with van der Waals surface area (Å²) in [6, 6.07) is 3.59. The monoisotopic (exact) mass is 184 g/mol. The van der Waals surface area contributed by atoms with Crippen molar-refractivity contribution in [3.05, 3.63) is 11.1 Å². The molecule has 0 aromatic heterocycles. The average Bonchev–Trinajstić information content (AvgIpc) is 2.16. The SMILES string of the molecule is Bc1c(O)c(C#N)c(B)c(C#N)c1O. The largest absolute Gasteiger partial charge is 0.507 e. The Kier molecular flexibility index (Phi) is 2.40. The Bertz CT molecular complexity index is 445. The summed E-state index contributed by atoms with van der Waals surface area (Å²) in [5, 5.41) is 36.4. The highest BCUT2D eigenvalue weighted by molar-refractivity contribution is 6.41. The number of nitriles is 2. The quantitative estimate of drug-likeness (QED) is 0.431. The lowest BCUT2D eigenvalue weighted by Gasteiger charge is -2.09. The van der Waals surface area contributed by atoms with E-state index in [1.54, 1.807) is 12.1 Å². The van der Waals surface area contributed by atoms with Crippen molar-refractivity contribution in [2.45, 2.75) is 0 Å². The Morgan fingerprint density at radius 1 is 0.857 bits per heavy atom. The van der Waals surface area contributed by atoms with Crippen molar-refractivity contribution < 1.29 is 10.2 Å². The molecule has 66 valence electrons. The Labute approximate surface area is 82.8 Å². The van der Waals surface area contributed by atoms with E-state index in [9.17, 15) is 10.2 Å². The van der Waals surface area contributed by atoms with Gasteiger partial charge in [-0.1, -0.05) is 0 Å².